The molecule has 0 fully saturated rings. The van der Waals surface area contributed by atoms with E-state index in [2.05, 4.69) is 56.6 Å². The number of allylic oxidation sites excluding steroid dienone is 1. The lowest BCUT2D eigenvalue weighted by atomic mass is 10.1. The molecule has 0 heterocycles. The molecule has 0 aliphatic carbocycles. The first-order valence-corrected chi connectivity index (χ1v) is 11.0. The lowest BCUT2D eigenvalue weighted by molar-refractivity contribution is -0.0114. The maximum atomic E-state index is 5.97. The highest BCUT2D eigenvalue weighted by atomic mass is 16.5. The lowest BCUT2D eigenvalue weighted by Crippen LogP contribution is -2.51. The molecule has 0 saturated carbocycles. The maximum Gasteiger partial charge on any atom is 0.0863 e. The van der Waals surface area contributed by atoms with Crippen LogP contribution in [0.25, 0.3) is 0 Å². The summed E-state index contributed by atoms with van der Waals surface area (Å²) in [6.07, 6.45) is 15.8. The molecular weight excluding hydrogens is 308 g/mol. The Kier molecular flexibility index (Phi) is 18.1. The van der Waals surface area contributed by atoms with E-state index in [1.807, 2.05) is 0 Å². The zero-order valence-corrected chi connectivity index (χ0v) is 17.9. The summed E-state index contributed by atoms with van der Waals surface area (Å²) in [5.41, 5.74) is 0. The van der Waals surface area contributed by atoms with Gasteiger partial charge >= 0.3 is 0 Å². The van der Waals surface area contributed by atoms with Crippen LogP contribution in [-0.2, 0) is 4.74 Å². The summed E-state index contributed by atoms with van der Waals surface area (Å²) in [7, 11) is 0. The normalized spacial score (nSPS) is 12.3. The standard InChI is InChI=1S/C22H46N2O/c1-6-11-12-13-14-15-16-17-18-19-20-25-21-22(23(7-2)8-3)24(9-4)10-5/h18-19,22H,6-17,20-21H2,1-5H3. The zero-order valence-electron chi connectivity index (χ0n) is 17.9. The number of rotatable bonds is 18. The SMILES string of the molecule is CCCCCCCCCC=CCOCC(N(CC)CC)N(CC)CC. The van der Waals surface area contributed by atoms with Crippen molar-refractivity contribution in [2.24, 2.45) is 0 Å². The van der Waals surface area contributed by atoms with Crippen LogP contribution in [0, 0.1) is 0 Å². The molecule has 25 heavy (non-hydrogen) atoms. The van der Waals surface area contributed by atoms with Crippen molar-refractivity contribution in [3.8, 4) is 0 Å². The molecule has 0 saturated heterocycles. The second kappa shape index (κ2) is 18.4. The van der Waals surface area contributed by atoms with Gasteiger partial charge in [0.1, 0.15) is 0 Å². The molecule has 0 aliphatic heterocycles. The molecule has 3 heteroatoms. The monoisotopic (exact) mass is 354 g/mol. The Morgan fingerprint density at radius 1 is 0.680 bits per heavy atom. The first-order valence-electron chi connectivity index (χ1n) is 11.0. The Morgan fingerprint density at radius 2 is 1.20 bits per heavy atom. The smallest absolute Gasteiger partial charge is 0.0863 e. The van der Waals surface area contributed by atoms with Gasteiger partial charge in [-0.2, -0.15) is 0 Å². The van der Waals surface area contributed by atoms with Crippen molar-refractivity contribution in [2.75, 3.05) is 39.4 Å². The fourth-order valence-electron chi connectivity index (χ4n) is 3.38. The molecular formula is C22H46N2O. The number of ether oxygens (including phenoxy) is 1. The molecule has 0 spiro atoms. The molecule has 0 aliphatic rings. The zero-order chi connectivity index (χ0) is 18.8. The molecule has 0 atom stereocenters. The highest BCUT2D eigenvalue weighted by Crippen LogP contribution is 2.09. The molecule has 150 valence electrons. The van der Waals surface area contributed by atoms with Gasteiger partial charge < -0.3 is 4.74 Å². The minimum Gasteiger partial charge on any atom is -0.374 e. The van der Waals surface area contributed by atoms with Crippen molar-refractivity contribution in [3.63, 3.8) is 0 Å². The second-order valence-corrected chi connectivity index (χ2v) is 6.84. The lowest BCUT2D eigenvalue weighted by Gasteiger charge is -2.37. The second-order valence-electron chi connectivity index (χ2n) is 6.84. The Balaban J connectivity index is 3.86. The predicted molar refractivity (Wildman–Crippen MR) is 112 cm³/mol. The van der Waals surface area contributed by atoms with Gasteiger partial charge in [0, 0.05) is 0 Å². The van der Waals surface area contributed by atoms with Gasteiger partial charge in [0.15, 0.2) is 0 Å². The first kappa shape index (κ1) is 24.6. The van der Waals surface area contributed by atoms with Crippen LogP contribution < -0.4 is 0 Å². The summed E-state index contributed by atoms with van der Waals surface area (Å²) < 4.78 is 5.97. The third kappa shape index (κ3) is 12.6. The van der Waals surface area contributed by atoms with E-state index in [-0.39, 0.29) is 0 Å². The average Bonchev–Trinajstić information content (AvgIpc) is 2.64. The molecule has 0 aromatic carbocycles. The Morgan fingerprint density at radius 3 is 1.72 bits per heavy atom. The third-order valence-corrected chi connectivity index (χ3v) is 5.09. The molecule has 0 aromatic rings. The van der Waals surface area contributed by atoms with Crippen molar-refractivity contribution < 1.29 is 4.74 Å². The molecule has 0 unspecified atom stereocenters. The summed E-state index contributed by atoms with van der Waals surface area (Å²) in [4.78, 5) is 4.99. The molecule has 0 N–H and O–H groups in total. The van der Waals surface area contributed by atoms with E-state index in [1.165, 1.54) is 51.4 Å². The van der Waals surface area contributed by atoms with Crippen LogP contribution in [0.2, 0.25) is 0 Å². The van der Waals surface area contributed by atoms with E-state index in [4.69, 9.17) is 4.74 Å². The van der Waals surface area contributed by atoms with Gasteiger partial charge in [0.05, 0.1) is 19.4 Å². The molecule has 0 rings (SSSR count). The van der Waals surface area contributed by atoms with Gasteiger partial charge in [-0.1, -0.05) is 85.3 Å². The van der Waals surface area contributed by atoms with E-state index >= 15 is 0 Å². The molecule has 0 aromatic heterocycles. The van der Waals surface area contributed by atoms with Crippen molar-refractivity contribution in [1.29, 1.82) is 0 Å². The van der Waals surface area contributed by atoms with Crippen LogP contribution >= 0.6 is 0 Å². The highest BCUT2D eigenvalue weighted by Gasteiger charge is 2.20. The summed E-state index contributed by atoms with van der Waals surface area (Å²) in [6.45, 7) is 17.1. The number of hydrogen-bond acceptors (Lipinski definition) is 3. The van der Waals surface area contributed by atoms with Gasteiger partial charge in [-0.3, -0.25) is 9.80 Å². The summed E-state index contributed by atoms with van der Waals surface area (Å²) in [5, 5.41) is 0. The van der Waals surface area contributed by atoms with E-state index in [0.29, 0.717) is 6.17 Å². The summed E-state index contributed by atoms with van der Waals surface area (Å²) in [5.74, 6) is 0. The molecule has 0 radical (unpaired) electrons. The molecule has 0 amide bonds. The fraction of sp³-hybridized carbons (Fsp3) is 0.909. The minimum absolute atomic E-state index is 0.404. The number of hydrogen-bond donors (Lipinski definition) is 0. The van der Waals surface area contributed by atoms with Crippen molar-refractivity contribution in [2.45, 2.75) is 92.2 Å². The topological polar surface area (TPSA) is 15.7 Å². The van der Waals surface area contributed by atoms with E-state index in [0.717, 1.165) is 39.4 Å². The predicted octanol–water partition coefficient (Wildman–Crippen LogP) is 5.71. The van der Waals surface area contributed by atoms with Gasteiger partial charge in [0.2, 0.25) is 0 Å². The van der Waals surface area contributed by atoms with Gasteiger partial charge in [0.25, 0.3) is 0 Å². The van der Waals surface area contributed by atoms with Crippen LogP contribution in [0.5, 0.6) is 0 Å². The van der Waals surface area contributed by atoms with Crippen LogP contribution in [0.3, 0.4) is 0 Å². The van der Waals surface area contributed by atoms with Crippen LogP contribution in [0.4, 0.5) is 0 Å². The Labute approximate surface area is 158 Å². The third-order valence-electron chi connectivity index (χ3n) is 5.09. The summed E-state index contributed by atoms with van der Waals surface area (Å²) in [6, 6.07) is 0. The first-order chi connectivity index (χ1) is 12.2. The number of unbranched alkanes of at least 4 members (excludes halogenated alkanes) is 7. The van der Waals surface area contributed by atoms with Crippen molar-refractivity contribution in [1.82, 2.24) is 9.80 Å². The van der Waals surface area contributed by atoms with Gasteiger partial charge in [-0.15, -0.1) is 0 Å². The van der Waals surface area contributed by atoms with Crippen LogP contribution in [0.15, 0.2) is 12.2 Å². The molecule has 3 nitrogen and oxygen atoms in total. The molecule has 0 bridgehead atoms. The van der Waals surface area contributed by atoms with Crippen molar-refractivity contribution >= 4 is 0 Å². The fourth-order valence-corrected chi connectivity index (χ4v) is 3.38. The summed E-state index contributed by atoms with van der Waals surface area (Å²) >= 11 is 0. The van der Waals surface area contributed by atoms with Crippen LogP contribution in [0.1, 0.15) is 86.0 Å². The van der Waals surface area contributed by atoms with Gasteiger partial charge in [-0.05, 0) is 39.0 Å². The average molecular weight is 355 g/mol. The Hall–Kier alpha value is -0.380. The van der Waals surface area contributed by atoms with Crippen molar-refractivity contribution in [3.05, 3.63) is 12.2 Å². The Bertz CT molecular complexity index is 274. The number of likely N-dealkylation sites (N-methyl/N-ethyl adjacent to an activating group) is 2. The van der Waals surface area contributed by atoms with E-state index in [9.17, 15) is 0 Å². The quantitative estimate of drug-likeness (QED) is 0.178. The van der Waals surface area contributed by atoms with E-state index in [1.54, 1.807) is 0 Å². The highest BCUT2D eigenvalue weighted by molar-refractivity contribution is 4.81. The van der Waals surface area contributed by atoms with Crippen LogP contribution in [-0.4, -0.2) is 55.4 Å². The minimum atomic E-state index is 0.404. The maximum absolute atomic E-state index is 5.97. The van der Waals surface area contributed by atoms with E-state index < -0.39 is 0 Å². The largest absolute Gasteiger partial charge is 0.374 e. The number of nitrogens with zero attached hydrogens (tertiary/aromatic N) is 2. The van der Waals surface area contributed by atoms with Gasteiger partial charge in [-0.25, -0.2) is 0 Å².